The standard InChI is InChI=1S/C14H14ClN3O/c1-9(16)10-2-5-12(6-3-10)18-14(19)11-4-7-13(15)17-8-11/h2-9H,16H2,1H3,(H,18,19)/t9-/m0/s1. The molecule has 3 N–H and O–H groups in total. The van der Waals surface area contributed by atoms with E-state index in [1.165, 1.54) is 6.20 Å². The van der Waals surface area contributed by atoms with E-state index in [2.05, 4.69) is 10.3 Å². The van der Waals surface area contributed by atoms with Gasteiger partial charge in [-0.1, -0.05) is 23.7 Å². The maximum absolute atomic E-state index is 11.9. The van der Waals surface area contributed by atoms with E-state index < -0.39 is 0 Å². The zero-order valence-corrected chi connectivity index (χ0v) is 11.2. The van der Waals surface area contributed by atoms with Crippen LogP contribution in [0.5, 0.6) is 0 Å². The Bertz CT molecular complexity index is 564. The molecule has 1 amide bonds. The van der Waals surface area contributed by atoms with E-state index in [0.29, 0.717) is 16.4 Å². The molecule has 2 aromatic rings. The van der Waals surface area contributed by atoms with E-state index in [9.17, 15) is 4.79 Å². The molecular formula is C14H14ClN3O. The Balaban J connectivity index is 2.08. The van der Waals surface area contributed by atoms with Gasteiger partial charge in [0.1, 0.15) is 5.15 Å². The number of rotatable bonds is 3. The van der Waals surface area contributed by atoms with Crippen LogP contribution in [0.3, 0.4) is 0 Å². The molecule has 0 fully saturated rings. The monoisotopic (exact) mass is 275 g/mol. The fourth-order valence-corrected chi connectivity index (χ4v) is 1.70. The van der Waals surface area contributed by atoms with Crippen molar-refractivity contribution in [2.45, 2.75) is 13.0 Å². The summed E-state index contributed by atoms with van der Waals surface area (Å²) in [6.07, 6.45) is 1.44. The first kappa shape index (κ1) is 13.5. The highest BCUT2D eigenvalue weighted by Crippen LogP contribution is 2.15. The number of amides is 1. The normalized spacial score (nSPS) is 11.9. The smallest absolute Gasteiger partial charge is 0.257 e. The fourth-order valence-electron chi connectivity index (χ4n) is 1.58. The predicted molar refractivity (Wildman–Crippen MR) is 76.2 cm³/mol. The van der Waals surface area contributed by atoms with Gasteiger partial charge < -0.3 is 11.1 Å². The highest BCUT2D eigenvalue weighted by Gasteiger charge is 2.07. The molecule has 0 spiro atoms. The number of benzene rings is 1. The van der Waals surface area contributed by atoms with Gasteiger partial charge >= 0.3 is 0 Å². The van der Waals surface area contributed by atoms with Gasteiger partial charge in [0.05, 0.1) is 5.56 Å². The molecule has 0 radical (unpaired) electrons. The molecule has 98 valence electrons. The van der Waals surface area contributed by atoms with Crippen LogP contribution >= 0.6 is 11.6 Å². The van der Waals surface area contributed by atoms with E-state index in [1.807, 2.05) is 31.2 Å². The van der Waals surface area contributed by atoms with Crippen molar-refractivity contribution in [3.63, 3.8) is 0 Å². The number of hydrogen-bond acceptors (Lipinski definition) is 3. The average molecular weight is 276 g/mol. The van der Waals surface area contributed by atoms with Crippen LogP contribution in [0.15, 0.2) is 42.6 Å². The lowest BCUT2D eigenvalue weighted by Crippen LogP contribution is -2.12. The third-order valence-electron chi connectivity index (χ3n) is 2.68. The van der Waals surface area contributed by atoms with Crippen molar-refractivity contribution in [1.29, 1.82) is 0 Å². The molecule has 1 aromatic heterocycles. The van der Waals surface area contributed by atoms with Gasteiger partial charge in [0.25, 0.3) is 5.91 Å². The van der Waals surface area contributed by atoms with E-state index in [0.717, 1.165) is 5.56 Å². The number of pyridine rings is 1. The Labute approximate surface area is 116 Å². The van der Waals surface area contributed by atoms with Crippen molar-refractivity contribution >= 4 is 23.2 Å². The lowest BCUT2D eigenvalue weighted by Gasteiger charge is -2.08. The summed E-state index contributed by atoms with van der Waals surface area (Å²) >= 11 is 5.67. The summed E-state index contributed by atoms with van der Waals surface area (Å²) in [7, 11) is 0. The van der Waals surface area contributed by atoms with Crippen LogP contribution in [-0.4, -0.2) is 10.9 Å². The number of carbonyl (C=O) groups is 1. The molecule has 4 nitrogen and oxygen atoms in total. The fraction of sp³-hybridized carbons (Fsp3) is 0.143. The molecule has 0 saturated heterocycles. The van der Waals surface area contributed by atoms with Gasteiger partial charge in [-0.25, -0.2) is 4.98 Å². The van der Waals surface area contributed by atoms with Crippen molar-refractivity contribution in [1.82, 2.24) is 4.98 Å². The largest absolute Gasteiger partial charge is 0.324 e. The maximum atomic E-state index is 11.9. The predicted octanol–water partition coefficient (Wildman–Crippen LogP) is 3.01. The molecule has 19 heavy (non-hydrogen) atoms. The molecule has 1 aromatic carbocycles. The molecule has 1 heterocycles. The summed E-state index contributed by atoms with van der Waals surface area (Å²) in [6, 6.07) is 10.6. The number of anilines is 1. The van der Waals surface area contributed by atoms with Gasteiger partial charge in [0, 0.05) is 17.9 Å². The molecule has 0 saturated carbocycles. The Kier molecular flexibility index (Phi) is 4.14. The van der Waals surface area contributed by atoms with Crippen LogP contribution in [0.1, 0.15) is 28.9 Å². The van der Waals surface area contributed by atoms with Crippen LogP contribution in [0.25, 0.3) is 0 Å². The van der Waals surface area contributed by atoms with Crippen LogP contribution in [0.4, 0.5) is 5.69 Å². The van der Waals surface area contributed by atoms with E-state index in [4.69, 9.17) is 17.3 Å². The van der Waals surface area contributed by atoms with Crippen LogP contribution in [0, 0.1) is 0 Å². The topological polar surface area (TPSA) is 68.0 Å². The summed E-state index contributed by atoms with van der Waals surface area (Å²) < 4.78 is 0. The molecule has 0 aliphatic heterocycles. The first-order valence-electron chi connectivity index (χ1n) is 5.84. The Hall–Kier alpha value is -1.91. The number of nitrogens with two attached hydrogens (primary N) is 1. The van der Waals surface area contributed by atoms with E-state index in [1.54, 1.807) is 12.1 Å². The minimum atomic E-state index is -0.224. The van der Waals surface area contributed by atoms with Crippen LogP contribution in [0.2, 0.25) is 5.15 Å². The first-order valence-corrected chi connectivity index (χ1v) is 6.22. The van der Waals surface area contributed by atoms with Crippen LogP contribution < -0.4 is 11.1 Å². The summed E-state index contributed by atoms with van der Waals surface area (Å²) in [5.41, 5.74) is 7.95. The van der Waals surface area contributed by atoms with E-state index in [-0.39, 0.29) is 11.9 Å². The SMILES string of the molecule is C[C@H](N)c1ccc(NC(=O)c2ccc(Cl)nc2)cc1. The van der Waals surface area contributed by atoms with Crippen molar-refractivity contribution in [2.24, 2.45) is 5.73 Å². The molecular weight excluding hydrogens is 262 g/mol. The Morgan fingerprint density at radius 3 is 2.47 bits per heavy atom. The van der Waals surface area contributed by atoms with Crippen molar-refractivity contribution in [3.05, 3.63) is 58.9 Å². The van der Waals surface area contributed by atoms with Gasteiger partial charge in [0.2, 0.25) is 0 Å². The summed E-state index contributed by atoms with van der Waals surface area (Å²) in [6.45, 7) is 1.91. The zero-order valence-electron chi connectivity index (χ0n) is 10.4. The second-order valence-corrected chi connectivity index (χ2v) is 4.62. The van der Waals surface area contributed by atoms with Gasteiger partial charge in [-0.15, -0.1) is 0 Å². The van der Waals surface area contributed by atoms with Gasteiger partial charge in [-0.3, -0.25) is 4.79 Å². The van der Waals surface area contributed by atoms with Gasteiger partial charge in [-0.05, 0) is 36.8 Å². The molecule has 0 aliphatic carbocycles. The number of nitrogens with zero attached hydrogens (tertiary/aromatic N) is 1. The molecule has 2 rings (SSSR count). The molecule has 1 atom stereocenters. The Morgan fingerprint density at radius 2 is 1.95 bits per heavy atom. The molecule has 0 bridgehead atoms. The van der Waals surface area contributed by atoms with Crippen molar-refractivity contribution < 1.29 is 4.79 Å². The molecule has 0 aliphatic rings. The first-order chi connectivity index (χ1) is 9.06. The van der Waals surface area contributed by atoms with Crippen molar-refractivity contribution in [3.8, 4) is 0 Å². The summed E-state index contributed by atoms with van der Waals surface area (Å²) in [5.74, 6) is -0.224. The lowest BCUT2D eigenvalue weighted by molar-refractivity contribution is 0.102. The third-order valence-corrected chi connectivity index (χ3v) is 2.91. The number of aromatic nitrogens is 1. The lowest BCUT2D eigenvalue weighted by atomic mass is 10.1. The molecule has 0 unspecified atom stereocenters. The van der Waals surface area contributed by atoms with Gasteiger partial charge in [0.15, 0.2) is 0 Å². The van der Waals surface area contributed by atoms with Crippen molar-refractivity contribution in [2.75, 3.05) is 5.32 Å². The second kappa shape index (κ2) is 5.82. The number of halogens is 1. The highest BCUT2D eigenvalue weighted by molar-refractivity contribution is 6.29. The highest BCUT2D eigenvalue weighted by atomic mass is 35.5. The zero-order chi connectivity index (χ0) is 13.8. The summed E-state index contributed by atoms with van der Waals surface area (Å²) in [4.78, 5) is 15.8. The second-order valence-electron chi connectivity index (χ2n) is 4.23. The quantitative estimate of drug-likeness (QED) is 0.846. The average Bonchev–Trinajstić information content (AvgIpc) is 2.40. The van der Waals surface area contributed by atoms with Crippen LogP contribution in [-0.2, 0) is 0 Å². The molecule has 5 heteroatoms. The number of nitrogens with one attached hydrogen (secondary N) is 1. The minimum absolute atomic E-state index is 0.0229. The Morgan fingerprint density at radius 1 is 1.26 bits per heavy atom. The van der Waals surface area contributed by atoms with Gasteiger partial charge in [-0.2, -0.15) is 0 Å². The number of hydrogen-bond donors (Lipinski definition) is 2. The maximum Gasteiger partial charge on any atom is 0.257 e. The third kappa shape index (κ3) is 3.53. The van der Waals surface area contributed by atoms with E-state index >= 15 is 0 Å². The number of carbonyl (C=O) groups excluding carboxylic acids is 1. The minimum Gasteiger partial charge on any atom is -0.324 e. The summed E-state index contributed by atoms with van der Waals surface area (Å²) in [5, 5.41) is 3.14.